The Labute approximate surface area is 104 Å². The van der Waals surface area contributed by atoms with Gasteiger partial charge in [0.25, 0.3) is 0 Å². The minimum absolute atomic E-state index is 0.0511. The first-order valence-corrected chi connectivity index (χ1v) is 6.23. The number of nitrogens with two attached hydrogens (primary N) is 1. The van der Waals surface area contributed by atoms with Crippen LogP contribution in [0.5, 0.6) is 0 Å². The third-order valence-corrected chi connectivity index (χ3v) is 2.98. The summed E-state index contributed by atoms with van der Waals surface area (Å²) in [5.41, 5.74) is 6.51. The smallest absolute Gasteiger partial charge is 0.229 e. The quantitative estimate of drug-likeness (QED) is 0.821. The van der Waals surface area contributed by atoms with E-state index in [2.05, 4.69) is 6.92 Å². The van der Waals surface area contributed by atoms with Crippen LogP contribution in [0.4, 0.5) is 5.69 Å². The molecule has 94 valence electrons. The fourth-order valence-electron chi connectivity index (χ4n) is 1.99. The Hall–Kier alpha value is -1.35. The van der Waals surface area contributed by atoms with Crippen molar-refractivity contribution in [1.29, 1.82) is 0 Å². The van der Waals surface area contributed by atoms with Crippen molar-refractivity contribution in [2.75, 3.05) is 18.5 Å². The van der Waals surface area contributed by atoms with Crippen molar-refractivity contribution >= 4 is 11.6 Å². The van der Waals surface area contributed by atoms with E-state index in [0.29, 0.717) is 6.54 Å². The van der Waals surface area contributed by atoms with Gasteiger partial charge in [-0.15, -0.1) is 0 Å². The highest BCUT2D eigenvalue weighted by molar-refractivity contribution is 5.94. The maximum Gasteiger partial charge on any atom is 0.229 e. The first-order chi connectivity index (χ1) is 8.20. The monoisotopic (exact) mass is 234 g/mol. The van der Waals surface area contributed by atoms with Crippen molar-refractivity contribution in [2.45, 2.75) is 26.2 Å². The standard InChI is InChI=1S/C14H22N2O/c1-3-7-12(10-11-15)14(17)16(2)13-8-5-4-6-9-13/h4-6,8-9,12H,3,7,10-11,15H2,1-2H3. The molecular weight excluding hydrogens is 212 g/mol. The van der Waals surface area contributed by atoms with E-state index in [0.717, 1.165) is 24.9 Å². The summed E-state index contributed by atoms with van der Waals surface area (Å²) in [5, 5.41) is 0. The molecule has 0 aliphatic carbocycles. The number of nitrogens with zero attached hydrogens (tertiary/aromatic N) is 1. The molecule has 3 heteroatoms. The number of amides is 1. The predicted molar refractivity (Wildman–Crippen MR) is 71.9 cm³/mol. The summed E-state index contributed by atoms with van der Waals surface area (Å²) in [7, 11) is 1.83. The van der Waals surface area contributed by atoms with Crippen LogP contribution in [-0.4, -0.2) is 19.5 Å². The highest BCUT2D eigenvalue weighted by atomic mass is 16.2. The normalized spacial score (nSPS) is 12.2. The van der Waals surface area contributed by atoms with Crippen LogP contribution in [0.25, 0.3) is 0 Å². The molecule has 17 heavy (non-hydrogen) atoms. The number of carbonyl (C=O) groups excluding carboxylic acids is 1. The van der Waals surface area contributed by atoms with E-state index in [-0.39, 0.29) is 11.8 Å². The number of carbonyl (C=O) groups is 1. The summed E-state index contributed by atoms with van der Waals surface area (Å²) in [6, 6.07) is 9.73. The lowest BCUT2D eigenvalue weighted by Crippen LogP contribution is -2.34. The summed E-state index contributed by atoms with van der Waals surface area (Å²) >= 11 is 0. The van der Waals surface area contributed by atoms with Gasteiger partial charge < -0.3 is 10.6 Å². The van der Waals surface area contributed by atoms with Gasteiger partial charge in [-0.2, -0.15) is 0 Å². The van der Waals surface area contributed by atoms with E-state index in [1.165, 1.54) is 0 Å². The summed E-state index contributed by atoms with van der Waals surface area (Å²) in [6.07, 6.45) is 2.69. The average molecular weight is 234 g/mol. The molecule has 0 fully saturated rings. The molecule has 0 saturated carbocycles. The summed E-state index contributed by atoms with van der Waals surface area (Å²) in [6.45, 7) is 2.67. The Balaban J connectivity index is 2.73. The third-order valence-electron chi connectivity index (χ3n) is 2.98. The molecule has 1 aromatic rings. The lowest BCUT2D eigenvalue weighted by atomic mass is 9.98. The van der Waals surface area contributed by atoms with Gasteiger partial charge in [0.05, 0.1) is 0 Å². The highest BCUT2D eigenvalue weighted by Crippen LogP contribution is 2.18. The SMILES string of the molecule is CCCC(CCN)C(=O)N(C)c1ccccc1. The summed E-state index contributed by atoms with van der Waals surface area (Å²) in [4.78, 5) is 14.0. The molecule has 3 nitrogen and oxygen atoms in total. The van der Waals surface area contributed by atoms with Gasteiger partial charge in [0.2, 0.25) is 5.91 Å². The van der Waals surface area contributed by atoms with E-state index in [4.69, 9.17) is 5.73 Å². The second-order valence-corrected chi connectivity index (χ2v) is 4.30. The zero-order chi connectivity index (χ0) is 12.7. The highest BCUT2D eigenvalue weighted by Gasteiger charge is 2.21. The van der Waals surface area contributed by atoms with Gasteiger partial charge in [-0.3, -0.25) is 4.79 Å². The maximum atomic E-state index is 12.3. The Morgan fingerprint density at radius 2 is 1.94 bits per heavy atom. The number of hydrogen-bond acceptors (Lipinski definition) is 2. The largest absolute Gasteiger partial charge is 0.330 e. The molecule has 0 aromatic heterocycles. The second-order valence-electron chi connectivity index (χ2n) is 4.30. The number of anilines is 1. The van der Waals surface area contributed by atoms with Gasteiger partial charge >= 0.3 is 0 Å². The number of para-hydroxylation sites is 1. The third kappa shape index (κ3) is 3.86. The van der Waals surface area contributed by atoms with Crippen LogP contribution in [0, 0.1) is 5.92 Å². The van der Waals surface area contributed by atoms with Crippen LogP contribution in [0.15, 0.2) is 30.3 Å². The molecule has 1 unspecified atom stereocenters. The van der Waals surface area contributed by atoms with E-state index >= 15 is 0 Å². The van der Waals surface area contributed by atoms with E-state index in [9.17, 15) is 4.79 Å². The minimum atomic E-state index is 0.0511. The molecule has 1 rings (SSSR count). The molecular formula is C14H22N2O. The Morgan fingerprint density at radius 3 is 2.47 bits per heavy atom. The lowest BCUT2D eigenvalue weighted by Gasteiger charge is -2.23. The zero-order valence-corrected chi connectivity index (χ0v) is 10.7. The molecule has 1 aromatic carbocycles. The Bertz CT molecular complexity index is 331. The number of rotatable bonds is 6. The van der Waals surface area contributed by atoms with Crippen molar-refractivity contribution in [1.82, 2.24) is 0 Å². The van der Waals surface area contributed by atoms with Crippen molar-refractivity contribution in [3.63, 3.8) is 0 Å². The molecule has 0 aliphatic heterocycles. The first-order valence-electron chi connectivity index (χ1n) is 6.23. The zero-order valence-electron chi connectivity index (χ0n) is 10.7. The van der Waals surface area contributed by atoms with Crippen LogP contribution in [-0.2, 0) is 4.79 Å². The molecule has 0 radical (unpaired) electrons. The lowest BCUT2D eigenvalue weighted by molar-refractivity contribution is -0.122. The van der Waals surface area contributed by atoms with Gasteiger partial charge in [0.1, 0.15) is 0 Å². The molecule has 0 saturated heterocycles. The average Bonchev–Trinajstić information content (AvgIpc) is 2.38. The van der Waals surface area contributed by atoms with Gasteiger partial charge in [0, 0.05) is 18.7 Å². The topological polar surface area (TPSA) is 46.3 Å². The summed E-state index contributed by atoms with van der Waals surface area (Å²) in [5.74, 6) is 0.221. The predicted octanol–water partition coefficient (Wildman–Crippen LogP) is 2.41. The molecule has 0 spiro atoms. The first kappa shape index (κ1) is 13.7. The molecule has 0 heterocycles. The summed E-state index contributed by atoms with van der Waals surface area (Å²) < 4.78 is 0. The fraction of sp³-hybridized carbons (Fsp3) is 0.500. The minimum Gasteiger partial charge on any atom is -0.330 e. The van der Waals surface area contributed by atoms with Crippen LogP contribution >= 0.6 is 0 Å². The van der Waals surface area contributed by atoms with Gasteiger partial charge in [-0.05, 0) is 31.5 Å². The maximum absolute atomic E-state index is 12.3. The van der Waals surface area contributed by atoms with Crippen molar-refractivity contribution in [3.8, 4) is 0 Å². The molecule has 1 atom stereocenters. The molecule has 1 amide bonds. The second kappa shape index (κ2) is 7.07. The van der Waals surface area contributed by atoms with Crippen LogP contribution in [0.2, 0.25) is 0 Å². The van der Waals surface area contributed by atoms with Crippen LogP contribution in [0.1, 0.15) is 26.2 Å². The van der Waals surface area contributed by atoms with Crippen molar-refractivity contribution in [3.05, 3.63) is 30.3 Å². The van der Waals surface area contributed by atoms with Crippen molar-refractivity contribution < 1.29 is 4.79 Å². The van der Waals surface area contributed by atoms with E-state index < -0.39 is 0 Å². The van der Waals surface area contributed by atoms with Crippen LogP contribution in [0.3, 0.4) is 0 Å². The fourth-order valence-corrected chi connectivity index (χ4v) is 1.99. The van der Waals surface area contributed by atoms with Gasteiger partial charge in [-0.1, -0.05) is 31.5 Å². The van der Waals surface area contributed by atoms with Crippen molar-refractivity contribution in [2.24, 2.45) is 11.7 Å². The Morgan fingerprint density at radius 1 is 1.29 bits per heavy atom. The Kier molecular flexibility index (Phi) is 5.70. The molecule has 0 aliphatic rings. The van der Waals surface area contributed by atoms with Crippen LogP contribution < -0.4 is 10.6 Å². The van der Waals surface area contributed by atoms with Gasteiger partial charge in [-0.25, -0.2) is 0 Å². The van der Waals surface area contributed by atoms with E-state index in [1.807, 2.05) is 37.4 Å². The van der Waals surface area contributed by atoms with Gasteiger partial charge in [0.15, 0.2) is 0 Å². The van der Waals surface area contributed by atoms with E-state index in [1.54, 1.807) is 4.90 Å². The molecule has 2 N–H and O–H groups in total. The number of benzene rings is 1. The number of hydrogen-bond donors (Lipinski definition) is 1. The molecule has 0 bridgehead atoms.